The van der Waals surface area contributed by atoms with Crippen LogP contribution in [-0.4, -0.2) is 24.0 Å². The lowest BCUT2D eigenvalue weighted by Crippen LogP contribution is -2.32. The molecule has 1 amide bonds. The van der Waals surface area contributed by atoms with Gasteiger partial charge in [0.1, 0.15) is 0 Å². The first-order valence-electron chi connectivity index (χ1n) is 10.3. The molecule has 0 bridgehead atoms. The van der Waals surface area contributed by atoms with Gasteiger partial charge in [-0.2, -0.15) is 11.3 Å². The SMILES string of the molecule is CC(C)c1ccccc1N(Cc1csc(N2CCCCC2)n1)C(=O)c1ccsc1. The van der Waals surface area contributed by atoms with Gasteiger partial charge in [-0.25, -0.2) is 4.98 Å². The minimum Gasteiger partial charge on any atom is -0.348 e. The average molecular weight is 426 g/mol. The van der Waals surface area contributed by atoms with E-state index in [0.717, 1.165) is 35.2 Å². The maximum Gasteiger partial charge on any atom is 0.259 e. The van der Waals surface area contributed by atoms with Gasteiger partial charge in [0.25, 0.3) is 5.91 Å². The molecule has 0 aliphatic carbocycles. The monoisotopic (exact) mass is 425 g/mol. The molecule has 1 aliphatic rings. The highest BCUT2D eigenvalue weighted by Gasteiger charge is 2.23. The average Bonchev–Trinajstić information content (AvgIpc) is 3.44. The van der Waals surface area contributed by atoms with Crippen LogP contribution in [-0.2, 0) is 6.54 Å². The molecule has 0 N–H and O–H groups in total. The normalized spacial score (nSPS) is 14.4. The molecule has 1 fully saturated rings. The van der Waals surface area contributed by atoms with Gasteiger partial charge >= 0.3 is 0 Å². The van der Waals surface area contributed by atoms with Gasteiger partial charge in [0.05, 0.1) is 17.8 Å². The summed E-state index contributed by atoms with van der Waals surface area (Å²) in [6.45, 7) is 7.00. The molecule has 0 saturated carbocycles. The van der Waals surface area contributed by atoms with Crippen LogP contribution in [0.15, 0.2) is 46.5 Å². The molecule has 0 radical (unpaired) electrons. The second kappa shape index (κ2) is 9.09. The molecule has 4 rings (SSSR count). The number of para-hydroxylation sites is 1. The molecule has 1 aromatic carbocycles. The summed E-state index contributed by atoms with van der Waals surface area (Å²) < 4.78 is 0. The van der Waals surface area contributed by atoms with E-state index in [1.165, 1.54) is 24.8 Å². The summed E-state index contributed by atoms with van der Waals surface area (Å²) in [4.78, 5) is 22.6. The second-order valence-corrected chi connectivity index (χ2v) is 9.40. The zero-order valence-electron chi connectivity index (χ0n) is 17.0. The maximum absolute atomic E-state index is 13.4. The van der Waals surface area contributed by atoms with Gasteiger partial charge in [0.15, 0.2) is 5.13 Å². The third-order valence-corrected chi connectivity index (χ3v) is 6.98. The van der Waals surface area contributed by atoms with Crippen molar-refractivity contribution in [1.82, 2.24) is 4.98 Å². The minimum atomic E-state index is 0.0341. The maximum atomic E-state index is 13.4. The van der Waals surface area contributed by atoms with Crippen LogP contribution in [0.25, 0.3) is 0 Å². The van der Waals surface area contributed by atoms with Crippen LogP contribution >= 0.6 is 22.7 Å². The van der Waals surface area contributed by atoms with E-state index in [1.807, 2.05) is 33.9 Å². The second-order valence-electron chi connectivity index (χ2n) is 7.79. The summed E-state index contributed by atoms with van der Waals surface area (Å²) in [5.41, 5.74) is 3.85. The van der Waals surface area contributed by atoms with Crippen molar-refractivity contribution in [1.29, 1.82) is 0 Å². The Kier molecular flexibility index (Phi) is 6.31. The van der Waals surface area contributed by atoms with Gasteiger partial charge in [-0.3, -0.25) is 4.79 Å². The smallest absolute Gasteiger partial charge is 0.259 e. The van der Waals surface area contributed by atoms with Gasteiger partial charge in [0, 0.05) is 29.5 Å². The summed E-state index contributed by atoms with van der Waals surface area (Å²) in [7, 11) is 0. The van der Waals surface area contributed by atoms with Gasteiger partial charge in [-0.05, 0) is 48.3 Å². The van der Waals surface area contributed by atoms with Crippen molar-refractivity contribution in [2.75, 3.05) is 22.9 Å². The highest BCUT2D eigenvalue weighted by molar-refractivity contribution is 7.13. The molecule has 4 nitrogen and oxygen atoms in total. The number of piperidine rings is 1. The van der Waals surface area contributed by atoms with Crippen LogP contribution in [0.1, 0.15) is 60.6 Å². The molecule has 0 spiro atoms. The lowest BCUT2D eigenvalue weighted by molar-refractivity contribution is 0.0985. The molecule has 3 heterocycles. The minimum absolute atomic E-state index is 0.0341. The predicted molar refractivity (Wildman–Crippen MR) is 124 cm³/mol. The third-order valence-electron chi connectivity index (χ3n) is 5.35. The largest absolute Gasteiger partial charge is 0.348 e. The number of hydrogen-bond donors (Lipinski definition) is 0. The Bertz CT molecular complexity index is 943. The van der Waals surface area contributed by atoms with Crippen LogP contribution in [0, 0.1) is 0 Å². The number of anilines is 2. The summed E-state index contributed by atoms with van der Waals surface area (Å²) in [6, 6.07) is 10.1. The van der Waals surface area contributed by atoms with E-state index in [9.17, 15) is 4.79 Å². The van der Waals surface area contributed by atoms with Crippen LogP contribution in [0.3, 0.4) is 0 Å². The number of thiazole rings is 1. The quantitative estimate of drug-likeness (QED) is 0.474. The molecule has 29 heavy (non-hydrogen) atoms. The van der Waals surface area contributed by atoms with Crippen molar-refractivity contribution in [2.24, 2.45) is 0 Å². The number of nitrogens with zero attached hydrogens (tertiary/aromatic N) is 3. The standard InChI is InChI=1S/C23H27N3OS2/c1-17(2)20-8-4-5-9-21(20)26(22(27)18-10-13-28-15-18)14-19-16-29-23(24-19)25-11-6-3-7-12-25/h4-5,8-10,13,15-17H,3,6-7,11-12,14H2,1-2H3. The zero-order valence-corrected chi connectivity index (χ0v) is 18.6. The van der Waals surface area contributed by atoms with Gasteiger partial charge < -0.3 is 9.80 Å². The number of benzene rings is 1. The number of amides is 1. The van der Waals surface area contributed by atoms with Crippen LogP contribution < -0.4 is 9.80 Å². The van der Waals surface area contributed by atoms with Crippen LogP contribution in [0.2, 0.25) is 0 Å². The Morgan fingerprint density at radius 2 is 1.93 bits per heavy atom. The lowest BCUT2D eigenvalue weighted by atomic mass is 10.00. The molecular weight excluding hydrogens is 398 g/mol. The van der Waals surface area contributed by atoms with E-state index in [0.29, 0.717) is 12.5 Å². The Balaban J connectivity index is 1.65. The van der Waals surface area contributed by atoms with E-state index < -0.39 is 0 Å². The zero-order chi connectivity index (χ0) is 20.2. The summed E-state index contributed by atoms with van der Waals surface area (Å²) in [5, 5.41) is 7.07. The number of thiophene rings is 1. The Hall–Kier alpha value is -2.18. The van der Waals surface area contributed by atoms with Crippen LogP contribution in [0.5, 0.6) is 0 Å². The van der Waals surface area contributed by atoms with Crippen LogP contribution in [0.4, 0.5) is 10.8 Å². The highest BCUT2D eigenvalue weighted by atomic mass is 32.1. The van der Waals surface area contributed by atoms with Gasteiger partial charge in [0.2, 0.25) is 0 Å². The first-order valence-corrected chi connectivity index (χ1v) is 12.1. The van der Waals surface area contributed by atoms with E-state index >= 15 is 0 Å². The van der Waals surface area contributed by atoms with Gasteiger partial charge in [-0.15, -0.1) is 11.3 Å². The van der Waals surface area contributed by atoms with Crippen molar-refractivity contribution < 1.29 is 4.79 Å². The first-order chi connectivity index (χ1) is 14.1. The van der Waals surface area contributed by atoms with E-state index in [4.69, 9.17) is 4.98 Å². The number of rotatable bonds is 6. The summed E-state index contributed by atoms with van der Waals surface area (Å²) >= 11 is 3.24. The lowest BCUT2D eigenvalue weighted by Gasteiger charge is -2.27. The summed E-state index contributed by atoms with van der Waals surface area (Å²) in [6.07, 6.45) is 3.78. The third kappa shape index (κ3) is 4.54. The molecule has 2 aromatic heterocycles. The van der Waals surface area contributed by atoms with Crippen molar-refractivity contribution in [3.8, 4) is 0 Å². The molecule has 0 unspecified atom stereocenters. The Morgan fingerprint density at radius 1 is 1.14 bits per heavy atom. The predicted octanol–water partition coefficient (Wildman–Crippen LogP) is 6.17. The number of carbonyl (C=O) groups excluding carboxylic acids is 1. The number of aromatic nitrogens is 1. The van der Waals surface area contributed by atoms with Crippen molar-refractivity contribution >= 4 is 39.4 Å². The molecule has 0 atom stereocenters. The van der Waals surface area contributed by atoms with Gasteiger partial charge in [-0.1, -0.05) is 32.0 Å². The fourth-order valence-electron chi connectivity index (χ4n) is 3.79. The number of hydrogen-bond acceptors (Lipinski definition) is 5. The molecule has 6 heteroatoms. The Morgan fingerprint density at radius 3 is 2.66 bits per heavy atom. The molecule has 1 saturated heterocycles. The number of carbonyl (C=O) groups is 1. The van der Waals surface area contributed by atoms with Crippen molar-refractivity contribution in [3.63, 3.8) is 0 Å². The van der Waals surface area contributed by atoms with E-state index in [-0.39, 0.29) is 5.91 Å². The first kappa shape index (κ1) is 20.1. The van der Waals surface area contributed by atoms with E-state index in [2.05, 4.69) is 36.3 Å². The van der Waals surface area contributed by atoms with Crippen molar-refractivity contribution in [2.45, 2.75) is 45.6 Å². The highest BCUT2D eigenvalue weighted by Crippen LogP contribution is 2.31. The van der Waals surface area contributed by atoms with E-state index in [1.54, 1.807) is 22.7 Å². The molecular formula is C23H27N3OS2. The fourth-order valence-corrected chi connectivity index (χ4v) is 5.29. The summed E-state index contributed by atoms with van der Waals surface area (Å²) in [5.74, 6) is 0.371. The Labute approximate surface area is 180 Å². The molecule has 3 aromatic rings. The molecule has 1 aliphatic heterocycles. The van der Waals surface area contributed by atoms with Crippen molar-refractivity contribution in [3.05, 3.63) is 63.3 Å². The topological polar surface area (TPSA) is 36.4 Å². The molecule has 152 valence electrons. The fraction of sp³-hybridized carbons (Fsp3) is 0.391.